The minimum absolute atomic E-state index is 0.167. The number of hydrogen-bond donors (Lipinski definition) is 2. The minimum atomic E-state index is -0.202. The van der Waals surface area contributed by atoms with Crippen LogP contribution in [0, 0.1) is 0 Å². The minimum Gasteiger partial charge on any atom is -0.391 e. The van der Waals surface area contributed by atoms with E-state index in [0.717, 1.165) is 19.3 Å². The molecule has 0 spiro atoms. The van der Waals surface area contributed by atoms with Gasteiger partial charge in [0.2, 0.25) is 0 Å². The molecule has 2 atom stereocenters. The first kappa shape index (κ1) is 7.98. The van der Waals surface area contributed by atoms with Crippen molar-refractivity contribution in [2.75, 3.05) is 6.61 Å². The SMILES string of the molecule is CCONC1CCCC1O. The monoisotopic (exact) mass is 145 g/mol. The Morgan fingerprint density at radius 1 is 1.60 bits per heavy atom. The van der Waals surface area contributed by atoms with Crippen molar-refractivity contribution < 1.29 is 9.94 Å². The van der Waals surface area contributed by atoms with E-state index in [0.29, 0.717) is 6.61 Å². The fraction of sp³-hybridized carbons (Fsp3) is 1.00. The molecule has 1 aliphatic rings. The number of rotatable bonds is 3. The van der Waals surface area contributed by atoms with Crippen molar-refractivity contribution in [2.45, 2.75) is 38.3 Å². The number of hydroxylamine groups is 1. The fourth-order valence-electron chi connectivity index (χ4n) is 1.27. The Morgan fingerprint density at radius 2 is 2.40 bits per heavy atom. The van der Waals surface area contributed by atoms with Gasteiger partial charge in [-0.2, -0.15) is 5.48 Å². The van der Waals surface area contributed by atoms with E-state index in [9.17, 15) is 5.11 Å². The van der Waals surface area contributed by atoms with Crippen molar-refractivity contribution in [2.24, 2.45) is 0 Å². The molecule has 2 N–H and O–H groups in total. The van der Waals surface area contributed by atoms with Crippen molar-refractivity contribution >= 4 is 0 Å². The average Bonchev–Trinajstić information content (AvgIpc) is 2.31. The summed E-state index contributed by atoms with van der Waals surface area (Å²) in [6.45, 7) is 2.58. The maximum atomic E-state index is 9.27. The summed E-state index contributed by atoms with van der Waals surface area (Å²) in [7, 11) is 0. The third-order valence-corrected chi connectivity index (χ3v) is 1.86. The first-order valence-corrected chi connectivity index (χ1v) is 3.90. The van der Waals surface area contributed by atoms with E-state index >= 15 is 0 Å². The standard InChI is InChI=1S/C7H15NO2/c1-2-10-8-6-4-3-5-7(6)9/h6-9H,2-5H2,1H3. The maximum Gasteiger partial charge on any atom is 0.0716 e. The van der Waals surface area contributed by atoms with Gasteiger partial charge in [-0.1, -0.05) is 0 Å². The van der Waals surface area contributed by atoms with E-state index in [-0.39, 0.29) is 12.1 Å². The lowest BCUT2D eigenvalue weighted by molar-refractivity contribution is -0.00646. The van der Waals surface area contributed by atoms with Crippen LogP contribution in [0.15, 0.2) is 0 Å². The Kier molecular flexibility index (Phi) is 3.12. The van der Waals surface area contributed by atoms with Gasteiger partial charge >= 0.3 is 0 Å². The summed E-state index contributed by atoms with van der Waals surface area (Å²) in [6.07, 6.45) is 2.84. The van der Waals surface area contributed by atoms with E-state index in [1.807, 2.05) is 6.92 Å². The van der Waals surface area contributed by atoms with Crippen LogP contribution < -0.4 is 5.48 Å². The van der Waals surface area contributed by atoms with Crippen LogP contribution in [0.1, 0.15) is 26.2 Å². The van der Waals surface area contributed by atoms with Gasteiger partial charge < -0.3 is 9.94 Å². The molecule has 3 heteroatoms. The normalized spacial score (nSPS) is 33.0. The van der Waals surface area contributed by atoms with Gasteiger partial charge in [-0.25, -0.2) is 0 Å². The molecule has 1 fully saturated rings. The molecular weight excluding hydrogens is 130 g/mol. The summed E-state index contributed by atoms with van der Waals surface area (Å²) in [5, 5.41) is 9.27. The summed E-state index contributed by atoms with van der Waals surface area (Å²) in [5.41, 5.74) is 2.83. The van der Waals surface area contributed by atoms with Gasteiger partial charge in [0.15, 0.2) is 0 Å². The van der Waals surface area contributed by atoms with Crippen LogP contribution in [-0.4, -0.2) is 23.9 Å². The predicted octanol–water partition coefficient (Wildman–Crippen LogP) is 0.441. The first-order valence-electron chi connectivity index (χ1n) is 3.90. The van der Waals surface area contributed by atoms with Gasteiger partial charge in [0.25, 0.3) is 0 Å². The van der Waals surface area contributed by atoms with Crippen molar-refractivity contribution in [3.63, 3.8) is 0 Å². The fourth-order valence-corrected chi connectivity index (χ4v) is 1.27. The average molecular weight is 145 g/mol. The van der Waals surface area contributed by atoms with Crippen molar-refractivity contribution in [1.82, 2.24) is 5.48 Å². The zero-order valence-electron chi connectivity index (χ0n) is 6.34. The second-order valence-corrected chi connectivity index (χ2v) is 2.66. The smallest absolute Gasteiger partial charge is 0.0716 e. The second kappa shape index (κ2) is 3.91. The highest BCUT2D eigenvalue weighted by Gasteiger charge is 2.24. The molecule has 1 rings (SSSR count). The third-order valence-electron chi connectivity index (χ3n) is 1.86. The lowest BCUT2D eigenvalue weighted by Gasteiger charge is -2.14. The molecule has 0 amide bonds. The van der Waals surface area contributed by atoms with Crippen LogP contribution in [0.25, 0.3) is 0 Å². The van der Waals surface area contributed by atoms with E-state index < -0.39 is 0 Å². The molecule has 1 saturated carbocycles. The van der Waals surface area contributed by atoms with Crippen molar-refractivity contribution in [3.05, 3.63) is 0 Å². The lowest BCUT2D eigenvalue weighted by atomic mass is 10.2. The predicted molar refractivity (Wildman–Crippen MR) is 38.4 cm³/mol. The summed E-state index contributed by atoms with van der Waals surface area (Å²) in [6, 6.07) is 0.167. The number of hydrogen-bond acceptors (Lipinski definition) is 3. The van der Waals surface area contributed by atoms with Crippen LogP contribution in [0.3, 0.4) is 0 Å². The number of aliphatic hydroxyl groups is 1. The van der Waals surface area contributed by atoms with Gasteiger partial charge in [-0.3, -0.25) is 0 Å². The molecule has 0 aromatic rings. The maximum absolute atomic E-state index is 9.27. The van der Waals surface area contributed by atoms with Crippen LogP contribution in [-0.2, 0) is 4.84 Å². The van der Waals surface area contributed by atoms with Gasteiger partial charge in [0.1, 0.15) is 0 Å². The molecule has 3 nitrogen and oxygen atoms in total. The van der Waals surface area contributed by atoms with Gasteiger partial charge in [0, 0.05) is 0 Å². The Hall–Kier alpha value is -0.120. The van der Waals surface area contributed by atoms with E-state index in [2.05, 4.69) is 5.48 Å². The second-order valence-electron chi connectivity index (χ2n) is 2.66. The van der Waals surface area contributed by atoms with Crippen LogP contribution in [0.4, 0.5) is 0 Å². The third kappa shape index (κ3) is 1.94. The largest absolute Gasteiger partial charge is 0.391 e. The Bertz CT molecular complexity index is 97.6. The molecule has 60 valence electrons. The molecule has 0 aromatic carbocycles. The zero-order valence-corrected chi connectivity index (χ0v) is 6.34. The van der Waals surface area contributed by atoms with Crippen LogP contribution in [0.2, 0.25) is 0 Å². The van der Waals surface area contributed by atoms with Crippen LogP contribution >= 0.6 is 0 Å². The molecule has 0 heterocycles. The van der Waals surface area contributed by atoms with Crippen molar-refractivity contribution in [1.29, 1.82) is 0 Å². The highest BCUT2D eigenvalue weighted by Crippen LogP contribution is 2.18. The molecule has 0 saturated heterocycles. The summed E-state index contributed by atoms with van der Waals surface area (Å²) in [5.74, 6) is 0. The molecule has 0 radical (unpaired) electrons. The summed E-state index contributed by atoms with van der Waals surface area (Å²) >= 11 is 0. The Balaban J connectivity index is 2.14. The number of aliphatic hydroxyl groups excluding tert-OH is 1. The van der Waals surface area contributed by atoms with E-state index in [4.69, 9.17) is 4.84 Å². The lowest BCUT2D eigenvalue weighted by Crippen LogP contribution is -2.35. The quantitative estimate of drug-likeness (QED) is 0.566. The highest BCUT2D eigenvalue weighted by molar-refractivity contribution is 4.79. The topological polar surface area (TPSA) is 41.5 Å². The van der Waals surface area contributed by atoms with E-state index in [1.54, 1.807) is 0 Å². The number of nitrogens with one attached hydrogen (secondary N) is 1. The van der Waals surface area contributed by atoms with Gasteiger partial charge in [0.05, 0.1) is 18.8 Å². The molecule has 0 bridgehead atoms. The molecule has 0 aliphatic heterocycles. The molecule has 1 aliphatic carbocycles. The van der Waals surface area contributed by atoms with E-state index in [1.165, 1.54) is 0 Å². The molecule has 0 aromatic heterocycles. The summed E-state index contributed by atoms with van der Waals surface area (Å²) < 4.78 is 0. The molecular formula is C7H15NO2. The van der Waals surface area contributed by atoms with Gasteiger partial charge in [-0.05, 0) is 26.2 Å². The van der Waals surface area contributed by atoms with Crippen molar-refractivity contribution in [3.8, 4) is 0 Å². The molecule has 10 heavy (non-hydrogen) atoms. The van der Waals surface area contributed by atoms with Crippen LogP contribution in [0.5, 0.6) is 0 Å². The van der Waals surface area contributed by atoms with Gasteiger partial charge in [-0.15, -0.1) is 0 Å². The summed E-state index contributed by atoms with van der Waals surface area (Å²) in [4.78, 5) is 4.98. The molecule has 2 unspecified atom stereocenters. The Morgan fingerprint density at radius 3 is 2.90 bits per heavy atom. The zero-order chi connectivity index (χ0) is 7.40. The highest BCUT2D eigenvalue weighted by atomic mass is 16.6. The Labute approximate surface area is 61.3 Å². The first-order chi connectivity index (χ1) is 4.84.